The van der Waals surface area contributed by atoms with Gasteiger partial charge in [0, 0.05) is 23.0 Å². The van der Waals surface area contributed by atoms with Gasteiger partial charge in [-0.05, 0) is 19.4 Å². The van der Waals surface area contributed by atoms with Crippen LogP contribution in [0.25, 0.3) is 0 Å². The zero-order valence-corrected chi connectivity index (χ0v) is 10.4. The molecule has 2 rings (SSSR count). The molecule has 0 fully saturated rings. The Morgan fingerprint density at radius 2 is 2.25 bits per heavy atom. The fourth-order valence-electron chi connectivity index (χ4n) is 1.79. The molecule has 16 heavy (non-hydrogen) atoms. The van der Waals surface area contributed by atoms with Crippen molar-refractivity contribution in [3.63, 3.8) is 0 Å². The number of hydrogen-bond donors (Lipinski definition) is 1. The summed E-state index contributed by atoms with van der Waals surface area (Å²) in [7, 11) is 0. The third-order valence-electron chi connectivity index (χ3n) is 2.70. The van der Waals surface area contributed by atoms with E-state index in [0.717, 1.165) is 6.42 Å². The quantitative estimate of drug-likeness (QED) is 0.883. The van der Waals surface area contributed by atoms with Crippen LogP contribution in [0.5, 0.6) is 0 Å². The van der Waals surface area contributed by atoms with E-state index >= 15 is 0 Å². The second kappa shape index (κ2) is 4.36. The van der Waals surface area contributed by atoms with E-state index in [9.17, 15) is 0 Å². The molecule has 0 spiro atoms. The number of thiazole rings is 1. The van der Waals surface area contributed by atoms with E-state index in [0.29, 0.717) is 0 Å². The van der Waals surface area contributed by atoms with Gasteiger partial charge in [0.2, 0.25) is 0 Å². The molecule has 0 aliphatic carbocycles. The fourth-order valence-corrected chi connectivity index (χ4v) is 2.56. The highest BCUT2D eigenvalue weighted by atomic mass is 32.1. The van der Waals surface area contributed by atoms with Gasteiger partial charge in [-0.25, -0.2) is 0 Å². The first-order valence-corrected chi connectivity index (χ1v) is 6.19. The second-order valence-corrected chi connectivity index (χ2v) is 5.40. The van der Waals surface area contributed by atoms with Gasteiger partial charge in [0.1, 0.15) is 0 Å². The van der Waals surface area contributed by atoms with E-state index in [-0.39, 0.29) is 5.54 Å². The van der Waals surface area contributed by atoms with E-state index in [1.807, 2.05) is 11.7 Å². The van der Waals surface area contributed by atoms with Gasteiger partial charge in [-0.3, -0.25) is 4.98 Å². The molecule has 2 aromatic rings. The lowest BCUT2D eigenvalue weighted by atomic mass is 9.88. The summed E-state index contributed by atoms with van der Waals surface area (Å²) in [4.78, 5) is 5.31. The number of nitrogens with zero attached hydrogens (tertiary/aromatic N) is 1. The molecule has 0 saturated carbocycles. The summed E-state index contributed by atoms with van der Waals surface area (Å²) in [5, 5.41) is 0. The Balaban J connectivity index is 2.24. The predicted molar refractivity (Wildman–Crippen MR) is 68.5 cm³/mol. The number of hydrogen-bond acceptors (Lipinski definition) is 3. The first-order valence-electron chi connectivity index (χ1n) is 5.31. The Hall–Kier alpha value is -1.19. The number of aromatic nitrogens is 1. The molecule has 0 aliphatic rings. The van der Waals surface area contributed by atoms with Gasteiger partial charge >= 0.3 is 0 Å². The van der Waals surface area contributed by atoms with Gasteiger partial charge in [0.25, 0.3) is 0 Å². The molecule has 0 aliphatic heterocycles. The molecule has 0 saturated heterocycles. The summed E-state index contributed by atoms with van der Waals surface area (Å²) in [6.07, 6.45) is 2.73. The minimum atomic E-state index is -0.321. The topological polar surface area (TPSA) is 38.9 Å². The van der Waals surface area contributed by atoms with Crippen LogP contribution in [0.15, 0.2) is 36.0 Å². The van der Waals surface area contributed by atoms with Crippen molar-refractivity contribution in [1.82, 2.24) is 4.98 Å². The summed E-state index contributed by atoms with van der Waals surface area (Å²) in [5.74, 6) is 0. The number of rotatable bonds is 3. The van der Waals surface area contributed by atoms with Crippen molar-refractivity contribution in [3.05, 3.63) is 52.0 Å². The third kappa shape index (κ3) is 2.49. The molecule has 1 aromatic heterocycles. The molecule has 1 heterocycles. The number of aryl methyl sites for hydroxylation is 1. The van der Waals surface area contributed by atoms with E-state index < -0.39 is 0 Å². The van der Waals surface area contributed by atoms with Crippen molar-refractivity contribution in [3.8, 4) is 0 Å². The number of nitrogens with two attached hydrogens (primary N) is 1. The highest BCUT2D eigenvalue weighted by Gasteiger charge is 2.22. The molecule has 2 N–H and O–H groups in total. The minimum absolute atomic E-state index is 0.321. The van der Waals surface area contributed by atoms with E-state index in [2.05, 4.69) is 43.1 Å². The van der Waals surface area contributed by atoms with Crippen LogP contribution in [-0.2, 0) is 12.0 Å². The normalized spacial score (nSPS) is 14.7. The van der Waals surface area contributed by atoms with Crippen LogP contribution in [-0.4, -0.2) is 4.98 Å². The summed E-state index contributed by atoms with van der Waals surface area (Å²) in [6, 6.07) is 8.39. The van der Waals surface area contributed by atoms with Crippen LogP contribution >= 0.6 is 11.3 Å². The van der Waals surface area contributed by atoms with Crippen LogP contribution in [0, 0.1) is 6.92 Å². The molecular formula is C13H16N2S. The van der Waals surface area contributed by atoms with E-state index in [1.54, 1.807) is 11.3 Å². The van der Waals surface area contributed by atoms with Gasteiger partial charge in [0.15, 0.2) is 0 Å². The van der Waals surface area contributed by atoms with Crippen molar-refractivity contribution < 1.29 is 0 Å². The average molecular weight is 232 g/mol. The fraction of sp³-hybridized carbons (Fsp3) is 0.308. The first kappa shape index (κ1) is 11.3. The lowest BCUT2D eigenvalue weighted by molar-refractivity contribution is 0.495. The highest BCUT2D eigenvalue weighted by molar-refractivity contribution is 7.09. The van der Waals surface area contributed by atoms with Crippen molar-refractivity contribution in [1.29, 1.82) is 0 Å². The van der Waals surface area contributed by atoms with Crippen molar-refractivity contribution >= 4 is 11.3 Å². The predicted octanol–water partition coefficient (Wildman–Crippen LogP) is 2.87. The van der Waals surface area contributed by atoms with Gasteiger partial charge in [-0.1, -0.05) is 29.8 Å². The summed E-state index contributed by atoms with van der Waals surface area (Å²) in [5.41, 5.74) is 10.3. The van der Waals surface area contributed by atoms with Crippen LogP contribution in [0.2, 0.25) is 0 Å². The third-order valence-corrected chi connectivity index (χ3v) is 3.48. The van der Waals surface area contributed by atoms with Crippen LogP contribution < -0.4 is 5.73 Å². The lowest BCUT2D eigenvalue weighted by Gasteiger charge is -2.24. The van der Waals surface area contributed by atoms with Gasteiger partial charge in [-0.15, -0.1) is 11.3 Å². The Labute approximate surface area is 100 Å². The van der Waals surface area contributed by atoms with Gasteiger partial charge in [0.05, 0.1) is 5.51 Å². The molecule has 1 atom stereocenters. The smallest absolute Gasteiger partial charge is 0.0794 e. The Morgan fingerprint density at radius 1 is 1.44 bits per heavy atom. The monoisotopic (exact) mass is 232 g/mol. The van der Waals surface area contributed by atoms with Crippen LogP contribution in [0.4, 0.5) is 0 Å². The summed E-state index contributed by atoms with van der Waals surface area (Å²) in [6.45, 7) is 4.16. The lowest BCUT2D eigenvalue weighted by Crippen LogP contribution is -2.35. The molecule has 2 nitrogen and oxygen atoms in total. The van der Waals surface area contributed by atoms with Gasteiger partial charge in [-0.2, -0.15) is 0 Å². The Kier molecular flexibility index (Phi) is 3.08. The SMILES string of the molecule is Cc1cccc(C(C)(N)Cc2cncs2)c1. The minimum Gasteiger partial charge on any atom is -0.321 e. The zero-order chi connectivity index (χ0) is 11.6. The van der Waals surface area contributed by atoms with Crippen LogP contribution in [0.1, 0.15) is 22.9 Å². The molecule has 84 valence electrons. The maximum atomic E-state index is 6.38. The maximum absolute atomic E-state index is 6.38. The summed E-state index contributed by atoms with van der Waals surface area (Å²) < 4.78 is 0. The molecule has 0 amide bonds. The summed E-state index contributed by atoms with van der Waals surface area (Å²) >= 11 is 1.66. The first-order chi connectivity index (χ1) is 7.58. The van der Waals surface area contributed by atoms with E-state index in [1.165, 1.54) is 16.0 Å². The Morgan fingerprint density at radius 3 is 2.88 bits per heavy atom. The standard InChI is InChI=1S/C13H16N2S/c1-10-4-3-5-11(6-10)13(2,14)7-12-8-15-9-16-12/h3-6,8-9H,7,14H2,1-2H3. The molecule has 1 unspecified atom stereocenters. The van der Waals surface area contributed by atoms with E-state index in [4.69, 9.17) is 5.73 Å². The molecule has 3 heteroatoms. The van der Waals surface area contributed by atoms with Gasteiger partial charge < -0.3 is 5.73 Å². The Bertz CT molecular complexity index is 461. The van der Waals surface area contributed by atoms with Crippen molar-refractivity contribution in [2.45, 2.75) is 25.8 Å². The molecule has 0 radical (unpaired) electrons. The molecule has 1 aromatic carbocycles. The van der Waals surface area contributed by atoms with Crippen molar-refractivity contribution in [2.75, 3.05) is 0 Å². The molecule has 0 bridgehead atoms. The number of benzene rings is 1. The van der Waals surface area contributed by atoms with Crippen LogP contribution in [0.3, 0.4) is 0 Å². The molecular weight excluding hydrogens is 216 g/mol. The zero-order valence-electron chi connectivity index (χ0n) is 9.60. The average Bonchev–Trinajstić information content (AvgIpc) is 2.70. The highest BCUT2D eigenvalue weighted by Crippen LogP contribution is 2.24. The largest absolute Gasteiger partial charge is 0.321 e. The van der Waals surface area contributed by atoms with Crippen molar-refractivity contribution in [2.24, 2.45) is 5.73 Å². The maximum Gasteiger partial charge on any atom is 0.0794 e. The second-order valence-electron chi connectivity index (χ2n) is 4.43.